The molecule has 1 atom stereocenters. The molecule has 0 aliphatic carbocycles. The first kappa shape index (κ1) is 31.7. The van der Waals surface area contributed by atoms with Gasteiger partial charge >= 0.3 is 12.1 Å². The van der Waals surface area contributed by atoms with Crippen molar-refractivity contribution in [2.45, 2.75) is 64.1 Å². The minimum atomic E-state index is -4.62. The molecule has 4 heterocycles. The number of pyridine rings is 1. The zero-order valence-electron chi connectivity index (χ0n) is 25.2. The smallest absolute Gasteiger partial charge is 0.416 e. The minimum absolute atomic E-state index is 0.0102. The fourth-order valence-corrected chi connectivity index (χ4v) is 5.90. The van der Waals surface area contributed by atoms with Crippen LogP contribution in [-0.2, 0) is 30.6 Å². The Morgan fingerprint density at radius 3 is 2.50 bits per heavy atom. The lowest BCUT2D eigenvalue weighted by molar-refractivity contribution is -0.137. The van der Waals surface area contributed by atoms with Gasteiger partial charge in [0.25, 0.3) is 0 Å². The van der Waals surface area contributed by atoms with Crippen LogP contribution in [0.4, 0.5) is 17.6 Å². The molecule has 2 saturated heterocycles. The number of aromatic carboxylic acids is 1. The zero-order chi connectivity index (χ0) is 32.4. The number of aromatic nitrogens is 3. The lowest BCUT2D eigenvalue weighted by Crippen LogP contribution is -2.35. The first-order valence-electron chi connectivity index (χ1n) is 15.3. The number of rotatable bonds is 11. The van der Waals surface area contributed by atoms with Crippen molar-refractivity contribution >= 4 is 17.0 Å². The normalized spacial score (nSPS) is 17.6. The summed E-state index contributed by atoms with van der Waals surface area (Å²) in [6.45, 7) is 5.38. The van der Waals surface area contributed by atoms with Gasteiger partial charge in [-0.2, -0.15) is 13.2 Å². The van der Waals surface area contributed by atoms with E-state index in [1.54, 1.807) is 18.2 Å². The fourth-order valence-electron chi connectivity index (χ4n) is 5.90. The van der Waals surface area contributed by atoms with Crippen LogP contribution in [0.15, 0.2) is 48.5 Å². The number of nitrogens with zero attached hydrogens (tertiary/aromatic N) is 4. The van der Waals surface area contributed by atoms with Crippen LogP contribution in [0, 0.1) is 5.82 Å². The number of halogens is 4. The zero-order valence-corrected chi connectivity index (χ0v) is 25.2. The van der Waals surface area contributed by atoms with E-state index in [0.29, 0.717) is 49.2 Å². The van der Waals surface area contributed by atoms with E-state index in [1.807, 2.05) is 13.0 Å². The Balaban J connectivity index is 1.13. The Morgan fingerprint density at radius 2 is 1.85 bits per heavy atom. The van der Waals surface area contributed by atoms with Crippen LogP contribution in [0.1, 0.15) is 65.1 Å². The lowest BCUT2D eigenvalue weighted by atomic mass is 9.93. The van der Waals surface area contributed by atoms with E-state index in [2.05, 4.69) is 14.5 Å². The highest BCUT2D eigenvalue weighted by molar-refractivity contribution is 5.95. The topological polar surface area (TPSA) is 98.9 Å². The van der Waals surface area contributed by atoms with Gasteiger partial charge in [0.1, 0.15) is 29.5 Å². The third-order valence-electron chi connectivity index (χ3n) is 8.50. The van der Waals surface area contributed by atoms with E-state index >= 15 is 0 Å². The van der Waals surface area contributed by atoms with Crippen LogP contribution >= 0.6 is 0 Å². The quantitative estimate of drug-likeness (QED) is 0.187. The van der Waals surface area contributed by atoms with Gasteiger partial charge in [-0.3, -0.25) is 4.90 Å². The summed E-state index contributed by atoms with van der Waals surface area (Å²) in [5.74, 6) is -0.321. The van der Waals surface area contributed by atoms with Gasteiger partial charge < -0.3 is 23.9 Å². The predicted molar refractivity (Wildman–Crippen MR) is 159 cm³/mol. The molecule has 1 N–H and O–H groups in total. The van der Waals surface area contributed by atoms with E-state index in [1.165, 1.54) is 6.07 Å². The third kappa shape index (κ3) is 6.95. The molecule has 0 radical (unpaired) electrons. The van der Waals surface area contributed by atoms with Crippen molar-refractivity contribution in [2.75, 3.05) is 26.3 Å². The number of imidazole rings is 1. The number of carboxylic acids is 1. The van der Waals surface area contributed by atoms with Crippen molar-refractivity contribution in [3.05, 3.63) is 82.6 Å². The standard InChI is InChI=1S/C33H34F4N4O5/c1-2-44-28-15-22(32(42)43)14-27-31(28)39-29(41(27)17-24-10-13-45-24)18-40-11-8-20(9-12-40)26-4-3-5-30(38-26)46-19-21-6-7-23(16-25(21)34)33(35,36)37/h3-7,14-16,20,24H,2,8-13,17-19H2,1H3,(H,42,43). The monoisotopic (exact) mass is 642 g/mol. The van der Waals surface area contributed by atoms with Crippen LogP contribution in [0.3, 0.4) is 0 Å². The van der Waals surface area contributed by atoms with Crippen molar-refractivity contribution in [3.8, 4) is 11.6 Å². The molecule has 0 amide bonds. The number of carbonyl (C=O) groups is 1. The Hall–Kier alpha value is -4.23. The van der Waals surface area contributed by atoms with Crippen molar-refractivity contribution in [1.82, 2.24) is 19.4 Å². The molecule has 244 valence electrons. The second-order valence-electron chi connectivity index (χ2n) is 11.5. The van der Waals surface area contributed by atoms with Crippen LogP contribution in [-0.4, -0.2) is 62.9 Å². The Kier molecular flexibility index (Phi) is 9.14. The van der Waals surface area contributed by atoms with Gasteiger partial charge in [0.15, 0.2) is 0 Å². The molecule has 6 rings (SSSR count). The summed E-state index contributed by atoms with van der Waals surface area (Å²) >= 11 is 0. The molecule has 46 heavy (non-hydrogen) atoms. The molecule has 0 saturated carbocycles. The molecule has 2 aliphatic heterocycles. The molecular formula is C33H34F4N4O5. The molecular weight excluding hydrogens is 608 g/mol. The highest BCUT2D eigenvalue weighted by atomic mass is 19.4. The van der Waals surface area contributed by atoms with Gasteiger partial charge in [0.05, 0.1) is 42.4 Å². The molecule has 2 aromatic heterocycles. The molecule has 13 heteroatoms. The summed E-state index contributed by atoms with van der Waals surface area (Å²) in [7, 11) is 0. The fraction of sp³-hybridized carbons (Fsp3) is 0.424. The molecule has 2 aromatic carbocycles. The van der Waals surface area contributed by atoms with Crippen LogP contribution < -0.4 is 9.47 Å². The number of piperidine rings is 1. The van der Waals surface area contributed by atoms with Crippen molar-refractivity contribution in [1.29, 1.82) is 0 Å². The van der Waals surface area contributed by atoms with Crippen molar-refractivity contribution in [3.63, 3.8) is 0 Å². The highest BCUT2D eigenvalue weighted by Gasteiger charge is 2.31. The first-order chi connectivity index (χ1) is 22.1. The summed E-state index contributed by atoms with van der Waals surface area (Å²) in [4.78, 5) is 23.7. The highest BCUT2D eigenvalue weighted by Crippen LogP contribution is 2.33. The minimum Gasteiger partial charge on any atom is -0.492 e. The van der Waals surface area contributed by atoms with Gasteiger partial charge in [-0.1, -0.05) is 12.1 Å². The van der Waals surface area contributed by atoms with Gasteiger partial charge in [-0.25, -0.2) is 19.2 Å². The van der Waals surface area contributed by atoms with E-state index in [-0.39, 0.29) is 35.6 Å². The summed E-state index contributed by atoms with van der Waals surface area (Å²) in [6.07, 6.45) is -2.00. The van der Waals surface area contributed by atoms with Crippen LogP contribution in [0.2, 0.25) is 0 Å². The van der Waals surface area contributed by atoms with Crippen molar-refractivity contribution < 1.29 is 41.7 Å². The number of alkyl halides is 3. The van der Waals surface area contributed by atoms with Gasteiger partial charge in [0, 0.05) is 29.8 Å². The third-order valence-corrected chi connectivity index (χ3v) is 8.50. The maximum absolute atomic E-state index is 14.3. The molecule has 2 aliphatic rings. The number of fused-ring (bicyclic) bond motifs is 1. The largest absolute Gasteiger partial charge is 0.492 e. The van der Waals surface area contributed by atoms with E-state index in [0.717, 1.165) is 56.0 Å². The van der Waals surface area contributed by atoms with Gasteiger partial charge in [-0.15, -0.1) is 0 Å². The Morgan fingerprint density at radius 1 is 1.07 bits per heavy atom. The van der Waals surface area contributed by atoms with E-state index in [4.69, 9.17) is 19.2 Å². The first-order valence-corrected chi connectivity index (χ1v) is 15.3. The average Bonchev–Trinajstić information content (AvgIpc) is 3.35. The molecule has 4 aromatic rings. The van der Waals surface area contributed by atoms with Gasteiger partial charge in [0.2, 0.25) is 5.88 Å². The molecule has 9 nitrogen and oxygen atoms in total. The molecule has 2 fully saturated rings. The van der Waals surface area contributed by atoms with Crippen molar-refractivity contribution in [2.24, 2.45) is 0 Å². The number of hydrogen-bond donors (Lipinski definition) is 1. The molecule has 0 bridgehead atoms. The number of carboxylic acid groups (broad SMARTS) is 1. The van der Waals surface area contributed by atoms with Gasteiger partial charge in [-0.05, 0) is 69.6 Å². The van der Waals surface area contributed by atoms with E-state index < -0.39 is 23.5 Å². The Bertz CT molecular complexity index is 1710. The number of ether oxygens (including phenoxy) is 3. The maximum Gasteiger partial charge on any atom is 0.416 e. The lowest BCUT2D eigenvalue weighted by Gasteiger charge is -2.32. The molecule has 1 unspecified atom stereocenters. The maximum atomic E-state index is 14.3. The summed E-state index contributed by atoms with van der Waals surface area (Å²) in [5.41, 5.74) is 1.28. The summed E-state index contributed by atoms with van der Waals surface area (Å²) < 4.78 is 72.1. The summed E-state index contributed by atoms with van der Waals surface area (Å²) in [5, 5.41) is 9.72. The van der Waals surface area contributed by atoms with Crippen LogP contribution in [0.25, 0.3) is 11.0 Å². The molecule has 0 spiro atoms. The summed E-state index contributed by atoms with van der Waals surface area (Å²) in [6, 6.07) is 10.9. The number of hydrogen-bond acceptors (Lipinski definition) is 7. The average molecular weight is 643 g/mol. The number of benzene rings is 2. The number of likely N-dealkylation sites (tertiary alicyclic amines) is 1. The van der Waals surface area contributed by atoms with E-state index in [9.17, 15) is 27.5 Å². The van der Waals surface area contributed by atoms with Crippen LogP contribution in [0.5, 0.6) is 11.6 Å². The second-order valence-corrected chi connectivity index (χ2v) is 11.5. The SMILES string of the molecule is CCOc1cc(C(=O)O)cc2c1nc(CN1CCC(c3cccc(OCc4ccc(C(F)(F)F)cc4F)n3)CC1)n2CC1CCO1. The second kappa shape index (κ2) is 13.2. The Labute approximate surface area is 262 Å². The predicted octanol–water partition coefficient (Wildman–Crippen LogP) is 6.43.